The summed E-state index contributed by atoms with van der Waals surface area (Å²) in [6.07, 6.45) is -5.35. The third-order valence-electron chi connectivity index (χ3n) is 3.15. The number of alkyl halides is 3. The second-order valence-corrected chi connectivity index (χ2v) is 4.60. The van der Waals surface area contributed by atoms with Gasteiger partial charge in [-0.05, 0) is 24.3 Å². The van der Waals surface area contributed by atoms with Gasteiger partial charge >= 0.3 is 6.18 Å². The fraction of sp³-hybridized carbons (Fsp3) is 0.0714. The molecule has 2 aromatic carbocycles. The van der Waals surface area contributed by atoms with Crippen molar-refractivity contribution in [2.24, 2.45) is 5.73 Å². The SMILES string of the molecule is NC(=O)c1cccc(-c2ccc(F)c(C(F)(F)F)c2F)c1[N+](=O)[O-]. The van der Waals surface area contributed by atoms with Crippen LogP contribution < -0.4 is 5.73 Å². The van der Waals surface area contributed by atoms with Gasteiger partial charge in [-0.25, -0.2) is 8.78 Å². The Morgan fingerprint density at radius 3 is 2.21 bits per heavy atom. The number of carbonyl (C=O) groups is 1. The molecule has 0 spiro atoms. The first-order chi connectivity index (χ1) is 11.1. The molecule has 0 atom stereocenters. The lowest BCUT2D eigenvalue weighted by molar-refractivity contribution is -0.384. The molecule has 0 unspecified atom stereocenters. The average Bonchev–Trinajstić information content (AvgIpc) is 2.45. The second-order valence-electron chi connectivity index (χ2n) is 4.60. The van der Waals surface area contributed by atoms with Gasteiger partial charge in [0.05, 0.1) is 10.5 Å². The summed E-state index contributed by atoms with van der Waals surface area (Å²) >= 11 is 0. The molecule has 24 heavy (non-hydrogen) atoms. The number of hydrogen-bond acceptors (Lipinski definition) is 3. The van der Waals surface area contributed by atoms with Gasteiger partial charge in [0.25, 0.3) is 11.6 Å². The van der Waals surface area contributed by atoms with Gasteiger partial charge in [0, 0.05) is 5.56 Å². The van der Waals surface area contributed by atoms with Gasteiger partial charge in [-0.2, -0.15) is 13.2 Å². The van der Waals surface area contributed by atoms with Crippen LogP contribution in [0.5, 0.6) is 0 Å². The van der Waals surface area contributed by atoms with Gasteiger partial charge in [0.2, 0.25) is 0 Å². The first-order valence-electron chi connectivity index (χ1n) is 6.18. The third-order valence-corrected chi connectivity index (χ3v) is 3.15. The van der Waals surface area contributed by atoms with Crippen LogP contribution in [0.1, 0.15) is 15.9 Å². The Morgan fingerprint density at radius 1 is 1.08 bits per heavy atom. The Bertz CT molecular complexity index is 849. The molecule has 2 N–H and O–H groups in total. The van der Waals surface area contributed by atoms with E-state index >= 15 is 0 Å². The molecule has 0 aliphatic heterocycles. The van der Waals surface area contributed by atoms with E-state index in [2.05, 4.69) is 0 Å². The number of carbonyl (C=O) groups excluding carboxylic acids is 1. The summed E-state index contributed by atoms with van der Waals surface area (Å²) in [5.41, 5.74) is -0.285. The van der Waals surface area contributed by atoms with Crippen molar-refractivity contribution in [3.8, 4) is 11.1 Å². The Morgan fingerprint density at radius 2 is 1.71 bits per heavy atom. The molecule has 0 saturated carbocycles. The quantitative estimate of drug-likeness (QED) is 0.523. The van der Waals surface area contributed by atoms with E-state index in [0.717, 1.165) is 18.2 Å². The number of halogens is 5. The van der Waals surface area contributed by atoms with Gasteiger partial charge in [-0.15, -0.1) is 0 Å². The monoisotopic (exact) mass is 346 g/mol. The molecule has 2 aromatic rings. The molecular weight excluding hydrogens is 339 g/mol. The number of benzene rings is 2. The molecule has 0 aliphatic rings. The summed E-state index contributed by atoms with van der Waals surface area (Å²) in [7, 11) is 0. The summed E-state index contributed by atoms with van der Waals surface area (Å²) in [4.78, 5) is 21.3. The largest absolute Gasteiger partial charge is 0.422 e. The zero-order valence-corrected chi connectivity index (χ0v) is 11.5. The average molecular weight is 346 g/mol. The van der Waals surface area contributed by atoms with Crippen molar-refractivity contribution >= 4 is 11.6 Å². The predicted octanol–water partition coefficient (Wildman–Crippen LogP) is 3.66. The van der Waals surface area contributed by atoms with E-state index in [1.807, 2.05) is 0 Å². The highest BCUT2D eigenvalue weighted by molar-refractivity contribution is 6.00. The Balaban J connectivity index is 2.86. The van der Waals surface area contributed by atoms with Gasteiger partial charge in [-0.3, -0.25) is 14.9 Å². The molecule has 0 saturated heterocycles. The van der Waals surface area contributed by atoms with E-state index in [1.165, 1.54) is 0 Å². The number of rotatable bonds is 3. The van der Waals surface area contributed by atoms with Gasteiger partial charge in [-0.1, -0.05) is 6.07 Å². The van der Waals surface area contributed by atoms with E-state index in [4.69, 9.17) is 5.73 Å². The third kappa shape index (κ3) is 2.90. The van der Waals surface area contributed by atoms with E-state index < -0.39 is 56.6 Å². The Kier molecular flexibility index (Phi) is 4.24. The van der Waals surface area contributed by atoms with E-state index in [0.29, 0.717) is 12.1 Å². The van der Waals surface area contributed by atoms with Crippen LogP contribution in [0.3, 0.4) is 0 Å². The number of para-hydroxylation sites is 1. The Labute approximate surface area is 130 Å². The van der Waals surface area contributed by atoms with Crippen molar-refractivity contribution in [2.75, 3.05) is 0 Å². The fourth-order valence-electron chi connectivity index (χ4n) is 2.18. The van der Waals surface area contributed by atoms with Crippen LogP contribution in [-0.4, -0.2) is 10.8 Å². The summed E-state index contributed by atoms with van der Waals surface area (Å²) < 4.78 is 65.9. The van der Waals surface area contributed by atoms with Crippen molar-refractivity contribution in [1.29, 1.82) is 0 Å². The number of amides is 1. The van der Waals surface area contributed by atoms with Crippen LogP contribution in [0.25, 0.3) is 11.1 Å². The molecular formula is C14H7F5N2O3. The van der Waals surface area contributed by atoms with E-state index in [1.54, 1.807) is 0 Å². The van der Waals surface area contributed by atoms with Crippen molar-refractivity contribution in [2.45, 2.75) is 6.18 Å². The molecule has 10 heteroatoms. The smallest absolute Gasteiger partial charge is 0.365 e. The van der Waals surface area contributed by atoms with E-state index in [9.17, 15) is 36.9 Å². The number of hydrogen-bond donors (Lipinski definition) is 1. The number of primary amides is 1. The standard InChI is InChI=1S/C14H7F5N2O3/c15-9-5-4-6(11(16)10(9)14(17,18)19)7-2-1-3-8(13(20)22)12(7)21(23)24/h1-5H,(H2,20,22). The molecule has 1 amide bonds. The highest BCUT2D eigenvalue weighted by atomic mass is 19.4. The lowest BCUT2D eigenvalue weighted by Crippen LogP contribution is -2.15. The maximum absolute atomic E-state index is 14.2. The Hall–Kier alpha value is -3.04. The second kappa shape index (κ2) is 5.87. The van der Waals surface area contributed by atoms with Crippen molar-refractivity contribution < 1.29 is 31.7 Å². The molecule has 5 nitrogen and oxygen atoms in total. The van der Waals surface area contributed by atoms with Crippen LogP contribution in [0.2, 0.25) is 0 Å². The summed E-state index contributed by atoms with van der Waals surface area (Å²) in [5.74, 6) is -5.10. The topological polar surface area (TPSA) is 86.2 Å². The van der Waals surface area contributed by atoms with Gasteiger partial charge in [0.1, 0.15) is 22.8 Å². The number of nitro benzene ring substituents is 1. The first kappa shape index (κ1) is 17.3. The minimum Gasteiger partial charge on any atom is -0.365 e. The minimum absolute atomic E-state index is 0.335. The molecule has 0 aromatic heterocycles. The van der Waals surface area contributed by atoms with Crippen LogP contribution in [0.15, 0.2) is 30.3 Å². The predicted molar refractivity (Wildman–Crippen MR) is 72.0 cm³/mol. The highest BCUT2D eigenvalue weighted by Gasteiger charge is 2.39. The summed E-state index contributed by atoms with van der Waals surface area (Å²) in [6.45, 7) is 0. The fourth-order valence-corrected chi connectivity index (χ4v) is 2.18. The first-order valence-corrected chi connectivity index (χ1v) is 6.18. The maximum atomic E-state index is 14.2. The number of nitro groups is 1. The molecule has 126 valence electrons. The zero-order valence-electron chi connectivity index (χ0n) is 11.5. The van der Waals surface area contributed by atoms with Crippen LogP contribution in [0.4, 0.5) is 27.6 Å². The number of nitrogens with zero attached hydrogens (tertiary/aromatic N) is 1. The molecule has 2 rings (SSSR count). The van der Waals surface area contributed by atoms with E-state index in [-0.39, 0.29) is 0 Å². The van der Waals surface area contributed by atoms with Gasteiger partial charge in [0.15, 0.2) is 0 Å². The van der Waals surface area contributed by atoms with Crippen LogP contribution in [0, 0.1) is 21.7 Å². The molecule has 0 bridgehead atoms. The zero-order chi connectivity index (χ0) is 18.2. The van der Waals surface area contributed by atoms with Crippen LogP contribution >= 0.6 is 0 Å². The van der Waals surface area contributed by atoms with Gasteiger partial charge < -0.3 is 5.73 Å². The minimum atomic E-state index is -5.35. The lowest BCUT2D eigenvalue weighted by atomic mass is 9.97. The number of nitrogens with two attached hydrogens (primary N) is 1. The molecule has 0 fully saturated rings. The van der Waals surface area contributed by atoms with Crippen molar-refractivity contribution in [3.63, 3.8) is 0 Å². The molecule has 0 aliphatic carbocycles. The van der Waals surface area contributed by atoms with Crippen molar-refractivity contribution in [1.82, 2.24) is 0 Å². The summed E-state index contributed by atoms with van der Waals surface area (Å²) in [6, 6.07) is 3.94. The van der Waals surface area contributed by atoms with Crippen LogP contribution in [-0.2, 0) is 6.18 Å². The lowest BCUT2D eigenvalue weighted by Gasteiger charge is -2.13. The molecule has 0 heterocycles. The normalized spacial score (nSPS) is 11.4. The maximum Gasteiger partial charge on any atom is 0.422 e. The highest BCUT2D eigenvalue weighted by Crippen LogP contribution is 2.40. The molecule has 0 radical (unpaired) electrons. The van der Waals surface area contributed by atoms with Crippen molar-refractivity contribution in [3.05, 3.63) is 63.2 Å². The summed E-state index contributed by atoms with van der Waals surface area (Å²) in [5, 5.41) is 11.2.